The molecule has 0 spiro atoms. The van der Waals surface area contributed by atoms with Crippen molar-refractivity contribution in [1.29, 1.82) is 0 Å². The number of carbonyl (C=O) groups excluding carboxylic acids is 2. The van der Waals surface area contributed by atoms with Gasteiger partial charge in [-0.2, -0.15) is 0 Å². The Hall–Kier alpha value is -3.99. The van der Waals surface area contributed by atoms with Crippen molar-refractivity contribution in [2.24, 2.45) is 0 Å². The Morgan fingerprint density at radius 2 is 1.82 bits per heavy atom. The van der Waals surface area contributed by atoms with Gasteiger partial charge in [-0.3, -0.25) is 24.2 Å². The molecular formula is C22H18FN3O6S. The second-order valence-electron chi connectivity index (χ2n) is 7.02. The third-order valence-corrected chi connectivity index (χ3v) is 6.48. The van der Waals surface area contributed by atoms with Gasteiger partial charge >= 0.3 is 0 Å². The molecule has 0 aliphatic carbocycles. The number of halogens is 1. The zero-order valence-electron chi connectivity index (χ0n) is 17.5. The highest BCUT2D eigenvalue weighted by atomic mass is 32.2. The number of hydrogen-bond acceptors (Lipinski definition) is 7. The molecule has 33 heavy (non-hydrogen) atoms. The number of rotatable bonds is 7. The quantitative estimate of drug-likeness (QED) is 0.527. The van der Waals surface area contributed by atoms with Gasteiger partial charge in [0.1, 0.15) is 23.0 Å². The minimum Gasteiger partial charge on any atom is -0.497 e. The summed E-state index contributed by atoms with van der Waals surface area (Å²) < 4.78 is 53.2. The molecule has 0 bridgehead atoms. The van der Waals surface area contributed by atoms with Gasteiger partial charge in [-0.25, -0.2) is 12.8 Å². The molecule has 1 aliphatic rings. The number of hydrogen-bond donors (Lipinski definition) is 1. The van der Waals surface area contributed by atoms with Crippen LogP contribution in [0.15, 0.2) is 59.6 Å². The predicted octanol–water partition coefficient (Wildman–Crippen LogP) is 2.83. The number of pyridine rings is 1. The summed E-state index contributed by atoms with van der Waals surface area (Å²) in [6.45, 7) is -0.389. The van der Waals surface area contributed by atoms with E-state index in [9.17, 15) is 22.4 Å². The van der Waals surface area contributed by atoms with Gasteiger partial charge in [-0.1, -0.05) is 6.07 Å². The number of fused-ring (bicyclic) bond motifs is 1. The summed E-state index contributed by atoms with van der Waals surface area (Å²) in [5.41, 5.74) is 0.207. The highest BCUT2D eigenvalue weighted by Crippen LogP contribution is 2.32. The molecule has 0 unspecified atom stereocenters. The minimum absolute atomic E-state index is 0.0201. The topological polar surface area (TPSA) is 115 Å². The number of anilines is 1. The SMILES string of the molecule is COc1ccc(OC)c(NS(=O)(=O)c2cc(F)ccc2CN2C(=O)c3cccnc3C2=O)c1. The fraction of sp³-hybridized carbons (Fsp3) is 0.136. The first-order valence-electron chi connectivity index (χ1n) is 9.59. The lowest BCUT2D eigenvalue weighted by atomic mass is 10.2. The van der Waals surface area contributed by atoms with Crippen LogP contribution in [0.5, 0.6) is 11.5 Å². The molecular weight excluding hydrogens is 453 g/mol. The summed E-state index contributed by atoms with van der Waals surface area (Å²) in [6, 6.07) is 10.6. The minimum atomic E-state index is -4.36. The number of imide groups is 1. The molecule has 1 N–H and O–H groups in total. The fourth-order valence-electron chi connectivity index (χ4n) is 3.43. The van der Waals surface area contributed by atoms with Crippen molar-refractivity contribution in [3.63, 3.8) is 0 Å². The molecule has 0 fully saturated rings. The lowest BCUT2D eigenvalue weighted by Gasteiger charge is -2.18. The number of nitrogens with zero attached hydrogens (tertiary/aromatic N) is 2. The van der Waals surface area contributed by atoms with E-state index < -0.39 is 32.6 Å². The zero-order valence-corrected chi connectivity index (χ0v) is 18.3. The molecule has 2 amide bonds. The van der Waals surface area contributed by atoms with E-state index in [1.54, 1.807) is 6.07 Å². The Morgan fingerprint density at radius 1 is 1.03 bits per heavy atom. The Kier molecular flexibility index (Phi) is 5.73. The van der Waals surface area contributed by atoms with E-state index in [2.05, 4.69) is 9.71 Å². The second-order valence-corrected chi connectivity index (χ2v) is 8.67. The first kappa shape index (κ1) is 22.2. The monoisotopic (exact) mass is 471 g/mol. The van der Waals surface area contributed by atoms with Gasteiger partial charge < -0.3 is 9.47 Å². The lowest BCUT2D eigenvalue weighted by Crippen LogP contribution is -2.30. The fourth-order valence-corrected chi connectivity index (χ4v) is 4.73. The Balaban J connectivity index is 1.71. The van der Waals surface area contributed by atoms with Crippen LogP contribution in [-0.4, -0.2) is 44.3 Å². The van der Waals surface area contributed by atoms with Gasteiger partial charge in [0.2, 0.25) is 0 Å². The second kappa shape index (κ2) is 8.51. The zero-order chi connectivity index (χ0) is 23.8. The molecule has 1 aliphatic heterocycles. The number of ether oxygens (including phenoxy) is 2. The molecule has 1 aromatic heterocycles. The standard InChI is InChI=1S/C22H18FN3O6S/c1-31-15-7-8-18(32-2)17(11-15)25-33(29,30)19-10-14(23)6-5-13(19)12-26-21(27)16-4-3-9-24-20(16)22(26)28/h3-11,25H,12H2,1-2H3. The van der Waals surface area contributed by atoms with Crippen LogP contribution >= 0.6 is 0 Å². The van der Waals surface area contributed by atoms with Gasteiger partial charge in [0.15, 0.2) is 0 Å². The highest BCUT2D eigenvalue weighted by molar-refractivity contribution is 7.92. The molecule has 0 saturated heterocycles. The van der Waals surface area contributed by atoms with E-state index >= 15 is 0 Å². The summed E-state index contributed by atoms with van der Waals surface area (Å²) in [7, 11) is -1.58. The van der Waals surface area contributed by atoms with Crippen LogP contribution in [-0.2, 0) is 16.6 Å². The van der Waals surface area contributed by atoms with Gasteiger partial charge in [-0.15, -0.1) is 0 Å². The van der Waals surface area contributed by atoms with Crippen molar-refractivity contribution < 1.29 is 31.9 Å². The van der Waals surface area contributed by atoms with Crippen molar-refractivity contribution in [2.45, 2.75) is 11.4 Å². The number of amides is 2. The molecule has 170 valence electrons. The maximum atomic E-state index is 14.1. The van der Waals surface area contributed by atoms with Crippen molar-refractivity contribution in [3.8, 4) is 11.5 Å². The number of carbonyl (C=O) groups is 2. The van der Waals surface area contributed by atoms with E-state index in [1.165, 1.54) is 50.7 Å². The van der Waals surface area contributed by atoms with Crippen LogP contribution in [0.3, 0.4) is 0 Å². The number of methoxy groups -OCH3 is 2. The average molecular weight is 471 g/mol. The largest absolute Gasteiger partial charge is 0.497 e. The molecule has 9 nitrogen and oxygen atoms in total. The van der Waals surface area contributed by atoms with Crippen LogP contribution in [0.25, 0.3) is 0 Å². The van der Waals surface area contributed by atoms with E-state index in [-0.39, 0.29) is 34.8 Å². The van der Waals surface area contributed by atoms with Crippen molar-refractivity contribution >= 4 is 27.5 Å². The van der Waals surface area contributed by atoms with Crippen molar-refractivity contribution in [1.82, 2.24) is 9.88 Å². The summed E-state index contributed by atoms with van der Waals surface area (Å²) in [5, 5.41) is 0. The van der Waals surface area contributed by atoms with Crippen LogP contribution in [0.1, 0.15) is 26.4 Å². The molecule has 2 heterocycles. The predicted molar refractivity (Wildman–Crippen MR) is 115 cm³/mol. The lowest BCUT2D eigenvalue weighted by molar-refractivity contribution is 0.0639. The van der Waals surface area contributed by atoms with Crippen LogP contribution in [0, 0.1) is 5.82 Å². The van der Waals surface area contributed by atoms with Gasteiger partial charge in [0, 0.05) is 12.3 Å². The Labute approximate surface area is 188 Å². The molecule has 0 saturated carbocycles. The van der Waals surface area contributed by atoms with Gasteiger partial charge in [0.05, 0.1) is 36.9 Å². The molecule has 11 heteroatoms. The first-order valence-corrected chi connectivity index (χ1v) is 11.1. The third-order valence-electron chi connectivity index (χ3n) is 5.03. The summed E-state index contributed by atoms with van der Waals surface area (Å²) in [6.07, 6.45) is 1.38. The average Bonchev–Trinajstić information content (AvgIpc) is 3.04. The number of aromatic nitrogens is 1. The van der Waals surface area contributed by atoms with E-state index in [4.69, 9.17) is 9.47 Å². The Bertz CT molecular complexity index is 1340. The summed E-state index contributed by atoms with van der Waals surface area (Å²) >= 11 is 0. The normalized spacial score (nSPS) is 13.1. The number of benzene rings is 2. The van der Waals surface area contributed by atoms with Crippen LogP contribution in [0.4, 0.5) is 10.1 Å². The maximum Gasteiger partial charge on any atom is 0.280 e. The third kappa shape index (κ3) is 4.10. The smallest absolute Gasteiger partial charge is 0.280 e. The molecule has 0 atom stereocenters. The molecule has 2 aromatic carbocycles. The van der Waals surface area contributed by atoms with E-state index in [0.29, 0.717) is 5.75 Å². The van der Waals surface area contributed by atoms with E-state index in [0.717, 1.165) is 17.0 Å². The van der Waals surface area contributed by atoms with Crippen LogP contribution in [0.2, 0.25) is 0 Å². The number of sulfonamides is 1. The molecule has 4 rings (SSSR count). The maximum absolute atomic E-state index is 14.1. The van der Waals surface area contributed by atoms with Crippen LogP contribution < -0.4 is 14.2 Å². The summed E-state index contributed by atoms with van der Waals surface area (Å²) in [5.74, 6) is -1.50. The van der Waals surface area contributed by atoms with E-state index in [1.807, 2.05) is 0 Å². The van der Waals surface area contributed by atoms with Gasteiger partial charge in [0.25, 0.3) is 21.8 Å². The van der Waals surface area contributed by atoms with Crippen molar-refractivity contribution in [2.75, 3.05) is 18.9 Å². The molecule has 3 aromatic rings. The molecule has 0 radical (unpaired) electrons. The highest BCUT2D eigenvalue weighted by Gasteiger charge is 2.37. The van der Waals surface area contributed by atoms with Crippen molar-refractivity contribution in [3.05, 3.63) is 77.4 Å². The summed E-state index contributed by atoms with van der Waals surface area (Å²) in [4.78, 5) is 29.7. The number of nitrogens with one attached hydrogen (secondary N) is 1. The Morgan fingerprint density at radius 3 is 2.52 bits per heavy atom. The van der Waals surface area contributed by atoms with Gasteiger partial charge in [-0.05, 0) is 42.0 Å². The first-order chi connectivity index (χ1) is 15.7.